The molecule has 0 fully saturated rings. The summed E-state index contributed by atoms with van der Waals surface area (Å²) in [5.74, 6) is 1.63. The van der Waals surface area contributed by atoms with Crippen molar-refractivity contribution in [2.45, 2.75) is 110 Å². The van der Waals surface area contributed by atoms with Crippen molar-refractivity contribution in [2.24, 2.45) is 0 Å². The molecule has 0 amide bonds. The van der Waals surface area contributed by atoms with Gasteiger partial charge in [0.1, 0.15) is 127 Å². The number of benzene rings is 8. The van der Waals surface area contributed by atoms with Crippen LogP contribution in [0.1, 0.15) is 97.3 Å². The van der Waals surface area contributed by atoms with Gasteiger partial charge in [0.2, 0.25) is 31.6 Å². The van der Waals surface area contributed by atoms with Crippen molar-refractivity contribution in [3.8, 4) is 0 Å². The Morgan fingerprint density at radius 3 is 0.735 bits per heavy atom. The summed E-state index contributed by atoms with van der Waals surface area (Å²) in [6.45, 7) is 13.0. The zero-order chi connectivity index (χ0) is 64.0. The fourth-order valence-electron chi connectivity index (χ4n) is 11.6. The summed E-state index contributed by atoms with van der Waals surface area (Å²) < 4.78 is 22.3. The Balaban J connectivity index is 0.000000234. The third-order valence-corrected chi connectivity index (χ3v) is 17.8. The van der Waals surface area contributed by atoms with Crippen molar-refractivity contribution >= 4 is 34.8 Å². The van der Waals surface area contributed by atoms with Crippen molar-refractivity contribution < 1.29 is 84.9 Å². The molecule has 510 valence electrons. The van der Waals surface area contributed by atoms with E-state index in [0.717, 1.165) is 83.9 Å². The lowest BCUT2D eigenvalue weighted by molar-refractivity contribution is -0.688. The minimum atomic E-state index is 0. The molecular weight excluding hydrogens is 1380 g/mol. The van der Waals surface area contributed by atoms with Gasteiger partial charge in [-0.3, -0.25) is 0 Å². The molecule has 0 N–H and O–H groups in total. The first kappa shape index (κ1) is 79.1. The van der Waals surface area contributed by atoms with E-state index in [0.29, 0.717) is 17.6 Å². The Hall–Kier alpha value is -7.87. The number of hydrogen-bond donors (Lipinski definition) is 0. The highest BCUT2D eigenvalue weighted by molar-refractivity contribution is 6.17. The number of aryl methyl sites for hydroxylation is 2. The smallest absolute Gasteiger partial charge is 0.244 e. The van der Waals surface area contributed by atoms with Crippen LogP contribution in [-0.4, -0.2) is 22.8 Å². The minimum Gasteiger partial charge on any atom is -1.00 e. The van der Waals surface area contributed by atoms with E-state index in [1.807, 2.05) is 12.1 Å². The molecule has 0 aliphatic carbocycles. The molecule has 98 heavy (non-hydrogen) atoms. The van der Waals surface area contributed by atoms with Gasteiger partial charge in [-0.25, -0.2) is 45.7 Å². The van der Waals surface area contributed by atoms with Gasteiger partial charge in [-0.05, 0) is 85.2 Å². The fraction of sp³-hybridized carbons (Fsp3) is 0.212. The summed E-state index contributed by atoms with van der Waals surface area (Å²) >= 11 is 18.1. The lowest BCUT2D eigenvalue weighted by Gasteiger charge is -2.06. The summed E-state index contributed by atoms with van der Waals surface area (Å²) in [6.07, 6.45) is 34.4. The van der Waals surface area contributed by atoms with Gasteiger partial charge in [0.05, 0.1) is 0 Å². The van der Waals surface area contributed by atoms with Crippen molar-refractivity contribution in [1.82, 2.24) is 22.8 Å². The van der Waals surface area contributed by atoms with Gasteiger partial charge in [0, 0.05) is 28.8 Å². The minimum absolute atomic E-state index is 0. The Morgan fingerprint density at radius 1 is 0.235 bits per heavy atom. The molecule has 0 bridgehead atoms. The first-order chi connectivity index (χ1) is 45.7. The number of halogens is 8. The molecule has 8 aromatic carbocycles. The number of alkyl halides is 3. The normalized spacial score (nSPS) is 10.5. The number of hydrogen-bond acceptors (Lipinski definition) is 0. The second-order valence-electron chi connectivity index (χ2n) is 24.0. The van der Waals surface area contributed by atoms with Crippen molar-refractivity contribution in [2.75, 3.05) is 0 Å². The first-order valence-electron chi connectivity index (χ1n) is 32.2. The van der Waals surface area contributed by atoms with E-state index < -0.39 is 0 Å². The van der Waals surface area contributed by atoms with Crippen LogP contribution in [0.3, 0.4) is 0 Å². The third kappa shape index (κ3) is 23.7. The topological polar surface area (TPSA) is 44.0 Å². The highest BCUT2D eigenvalue weighted by Crippen LogP contribution is 2.17. The fourth-order valence-corrected chi connectivity index (χ4v) is 12.3. The van der Waals surface area contributed by atoms with Crippen LogP contribution in [0.5, 0.6) is 0 Å². The molecule has 0 saturated heterocycles. The Morgan fingerprint density at radius 2 is 0.459 bits per heavy atom. The average Bonchev–Trinajstić information content (AvgIpc) is 1.68. The average molecular weight is 1470 g/mol. The standard InChI is InChI=1S/C31H33ClN4.C30H30Cl2N4.C19H21N2.5ClH/c1-2-26-7-11-28(12-8-26)20-33-15-17-35(24-33)22-30-5-3-4-6-31(30)23-36-18-16-34(25-36)21-29-13-9-27(19-32)10-14-29;31-17-27-5-1-3-7-29(27)21-35-15-13-33(23-35)19-25-9-11-26(12-10-25)20-34-14-16-36(24-34)22-30-8-4-2-6-28(30)18-32;1-2-17-8-10-19(11-9-17)15-21-13-12-20(16-21)14-18-6-4-3-5-7-18;;;;;/h3-18,24-25H,2,19-23H2,1H3;1-16,23-24H,17-22H2;3-13,16H,2,14-15H2,1H3;5*1H/q2*+2;+1;;;;;/p-5. The van der Waals surface area contributed by atoms with Gasteiger partial charge in [-0.15, -0.1) is 34.8 Å². The van der Waals surface area contributed by atoms with Crippen LogP contribution in [-0.2, 0) is 95.9 Å². The van der Waals surface area contributed by atoms with Crippen molar-refractivity contribution in [1.29, 1.82) is 0 Å². The van der Waals surface area contributed by atoms with E-state index in [4.69, 9.17) is 34.8 Å². The SMILES string of the molecule is CCc1ccc(C[n+]2ccn(Cc3ccccc3Cn3cc[n+](Cc4ccc(CCl)cc4)c3)c2)cc1.CCc1ccc(Cn2cc[n+](Cc3ccccc3)c2)cc1.ClCc1ccccc1Cn1cc[n+](Cc2ccc(C[n+]3ccn(Cc4ccccc4CCl)c3)cc2)c1.[Cl-].[Cl-].[Cl-].[Cl-].[Cl-]. The molecular formula is C80H84Cl8N10. The molecule has 13 aromatic rings. The van der Waals surface area contributed by atoms with Crippen LogP contribution in [0, 0.1) is 0 Å². The maximum atomic E-state index is 6.10. The van der Waals surface area contributed by atoms with E-state index in [1.165, 1.54) is 77.9 Å². The molecule has 0 aliphatic heterocycles. The number of nitrogens with zero attached hydrogens (tertiary/aromatic N) is 10. The highest BCUT2D eigenvalue weighted by Gasteiger charge is 2.15. The quantitative estimate of drug-likeness (QED) is 0.0541. The number of aromatic nitrogens is 10. The van der Waals surface area contributed by atoms with Crippen LogP contribution >= 0.6 is 34.8 Å². The first-order valence-corrected chi connectivity index (χ1v) is 33.8. The summed E-state index contributed by atoms with van der Waals surface area (Å²) in [4.78, 5) is 0. The van der Waals surface area contributed by atoms with E-state index in [1.54, 1.807) is 0 Å². The molecule has 0 unspecified atom stereocenters. The van der Waals surface area contributed by atoms with Crippen LogP contribution in [0.2, 0.25) is 0 Å². The van der Waals surface area contributed by atoms with Crippen molar-refractivity contribution in [3.05, 3.63) is 377 Å². The Kier molecular flexibility index (Phi) is 33.0. The van der Waals surface area contributed by atoms with Gasteiger partial charge in [-0.1, -0.05) is 214 Å². The highest BCUT2D eigenvalue weighted by atomic mass is 35.5. The van der Waals surface area contributed by atoms with Gasteiger partial charge in [0.25, 0.3) is 0 Å². The van der Waals surface area contributed by atoms with Crippen LogP contribution in [0.4, 0.5) is 0 Å². The van der Waals surface area contributed by atoms with E-state index >= 15 is 0 Å². The number of rotatable bonds is 25. The molecule has 18 heteroatoms. The van der Waals surface area contributed by atoms with Crippen LogP contribution < -0.4 is 84.9 Å². The summed E-state index contributed by atoms with van der Waals surface area (Å²) in [5.41, 5.74) is 19.3. The predicted molar refractivity (Wildman–Crippen MR) is 373 cm³/mol. The van der Waals surface area contributed by atoms with Gasteiger partial charge in [0.15, 0.2) is 0 Å². The maximum absolute atomic E-state index is 6.10. The zero-order valence-corrected chi connectivity index (χ0v) is 61.4. The molecule has 5 heterocycles. The molecule has 0 spiro atoms. The van der Waals surface area contributed by atoms with Crippen LogP contribution in [0.15, 0.2) is 294 Å². The Bertz CT molecular complexity index is 4170. The summed E-state index contributed by atoms with van der Waals surface area (Å²) in [5, 5.41) is 0. The lowest BCUT2D eigenvalue weighted by Crippen LogP contribution is -3.00. The maximum Gasteiger partial charge on any atom is 0.244 e. The molecule has 0 aliphatic rings. The van der Waals surface area contributed by atoms with Gasteiger partial charge in [-0.2, -0.15) is 0 Å². The third-order valence-electron chi connectivity index (χ3n) is 16.9. The molecule has 0 saturated carbocycles. The predicted octanol–water partition coefficient (Wildman–Crippen LogP) is -0.651. The van der Waals surface area contributed by atoms with E-state index in [2.05, 4.69) is 341 Å². The molecule has 0 radical (unpaired) electrons. The Labute approximate surface area is 624 Å². The van der Waals surface area contributed by atoms with Crippen molar-refractivity contribution in [3.63, 3.8) is 0 Å². The molecule has 13 rings (SSSR count). The van der Waals surface area contributed by atoms with E-state index in [-0.39, 0.29) is 62.0 Å². The summed E-state index contributed by atoms with van der Waals surface area (Å²) in [7, 11) is 0. The largest absolute Gasteiger partial charge is 1.00 e. The zero-order valence-electron chi connectivity index (χ0n) is 55.3. The second-order valence-corrected chi connectivity index (χ2v) is 24.8. The number of imidazole rings is 5. The molecule has 10 nitrogen and oxygen atoms in total. The molecule has 5 aromatic heterocycles. The summed E-state index contributed by atoms with van der Waals surface area (Å²) in [6, 6.07) is 71.2. The van der Waals surface area contributed by atoms with E-state index in [9.17, 15) is 0 Å². The van der Waals surface area contributed by atoms with Gasteiger partial charge >= 0.3 is 0 Å². The van der Waals surface area contributed by atoms with Crippen LogP contribution in [0.25, 0.3) is 0 Å². The molecule has 0 atom stereocenters. The second kappa shape index (κ2) is 40.9. The lowest BCUT2D eigenvalue weighted by atomic mass is 10.1. The monoisotopic (exact) mass is 1460 g/mol. The van der Waals surface area contributed by atoms with Gasteiger partial charge < -0.3 is 62.0 Å².